The second-order valence-corrected chi connectivity index (χ2v) is 8.23. The number of aliphatic hydroxyl groups is 2. The van der Waals surface area contributed by atoms with E-state index in [0.717, 1.165) is 10.4 Å². The largest absolute Gasteiger partial charge is 0.465 e. The maximum atomic E-state index is 12.2. The number of hydrogen-bond acceptors (Lipinski definition) is 8. The van der Waals surface area contributed by atoms with Crippen molar-refractivity contribution in [3.63, 3.8) is 0 Å². The van der Waals surface area contributed by atoms with E-state index in [1.165, 1.54) is 41.7 Å². The summed E-state index contributed by atoms with van der Waals surface area (Å²) in [6.45, 7) is -0.478. The molecule has 0 saturated heterocycles. The van der Waals surface area contributed by atoms with Crippen LogP contribution in [0.4, 0.5) is 9.80 Å². The first-order chi connectivity index (χ1) is 14.9. The number of amides is 2. The first-order valence-electron chi connectivity index (χ1n) is 9.69. The molecule has 2 amide bonds. The lowest BCUT2D eigenvalue weighted by atomic mass is 9.94. The van der Waals surface area contributed by atoms with Gasteiger partial charge < -0.3 is 29.6 Å². The van der Waals surface area contributed by atoms with Gasteiger partial charge in [0.05, 0.1) is 31.1 Å². The molecule has 3 rings (SSSR count). The Morgan fingerprint density at radius 3 is 3.03 bits per heavy atom. The highest BCUT2D eigenvalue weighted by Crippen LogP contribution is 2.38. The van der Waals surface area contributed by atoms with Crippen molar-refractivity contribution in [2.75, 3.05) is 25.5 Å². The van der Waals surface area contributed by atoms with Gasteiger partial charge in [-0.15, -0.1) is 11.3 Å². The van der Waals surface area contributed by atoms with E-state index in [9.17, 15) is 20.0 Å². The van der Waals surface area contributed by atoms with Gasteiger partial charge >= 0.3 is 6.09 Å². The monoisotopic (exact) mass is 445 g/mol. The van der Waals surface area contributed by atoms with Crippen molar-refractivity contribution in [1.29, 1.82) is 5.26 Å². The number of anilines is 1. The molecule has 0 bridgehead atoms. The number of rotatable bonds is 7. The fourth-order valence-corrected chi connectivity index (χ4v) is 4.51. The van der Waals surface area contributed by atoms with Crippen molar-refractivity contribution >= 4 is 34.4 Å². The van der Waals surface area contributed by atoms with Gasteiger partial charge in [0.1, 0.15) is 22.9 Å². The van der Waals surface area contributed by atoms with Gasteiger partial charge in [-0.05, 0) is 36.6 Å². The molecule has 164 valence electrons. The predicted octanol–water partition coefficient (Wildman–Crippen LogP) is 2.14. The molecule has 0 saturated carbocycles. The minimum atomic E-state index is -1.03. The number of thiophene rings is 1. The van der Waals surface area contributed by atoms with Crippen LogP contribution >= 0.6 is 11.3 Å². The van der Waals surface area contributed by atoms with Crippen LogP contribution in [0.25, 0.3) is 6.08 Å². The average molecular weight is 445 g/mol. The highest BCUT2D eigenvalue weighted by atomic mass is 32.1. The molecule has 0 spiro atoms. The fourth-order valence-electron chi connectivity index (χ4n) is 3.24. The van der Waals surface area contributed by atoms with Crippen LogP contribution in [-0.4, -0.2) is 59.5 Å². The second kappa shape index (κ2) is 10.3. The summed E-state index contributed by atoms with van der Waals surface area (Å²) < 4.78 is 10.7. The van der Waals surface area contributed by atoms with Crippen LogP contribution in [0, 0.1) is 11.3 Å². The van der Waals surface area contributed by atoms with E-state index in [4.69, 9.17) is 14.3 Å². The normalized spacial score (nSPS) is 16.4. The smallest absolute Gasteiger partial charge is 0.409 e. The van der Waals surface area contributed by atoms with Crippen LogP contribution in [0.5, 0.6) is 0 Å². The zero-order chi connectivity index (χ0) is 22.4. The Bertz CT molecular complexity index is 992. The number of aliphatic hydroxyl groups excluding tert-OH is 2. The summed E-state index contributed by atoms with van der Waals surface area (Å²) in [5, 5.41) is 31.2. The maximum Gasteiger partial charge on any atom is 0.409 e. The molecule has 10 heteroatoms. The summed E-state index contributed by atoms with van der Waals surface area (Å²) in [4.78, 5) is 26.5. The quantitative estimate of drug-likeness (QED) is 0.556. The number of nitriles is 1. The lowest BCUT2D eigenvalue weighted by Gasteiger charge is -2.26. The molecule has 2 unspecified atom stereocenters. The zero-order valence-electron chi connectivity index (χ0n) is 16.9. The third-order valence-electron chi connectivity index (χ3n) is 4.79. The zero-order valence-corrected chi connectivity index (χ0v) is 17.7. The van der Waals surface area contributed by atoms with Gasteiger partial charge in [-0.2, -0.15) is 5.26 Å². The number of nitrogens with zero attached hydrogens (tertiary/aromatic N) is 2. The van der Waals surface area contributed by atoms with Crippen molar-refractivity contribution in [2.45, 2.75) is 31.5 Å². The standard InChI is InChI=1S/C21H23N3O6S/c1-24(11-13(26)12-25)21(28)30-15-4-6-16-17(10-22)20(31-18(16)9-15)23-19(27)7-5-14-3-2-8-29-14/h2-3,5,7-8,13,15,25-26H,4,6,9,11-12H2,1H3,(H,23,27). The summed E-state index contributed by atoms with van der Waals surface area (Å²) in [6, 6.07) is 5.60. The summed E-state index contributed by atoms with van der Waals surface area (Å²) in [5.41, 5.74) is 1.31. The summed E-state index contributed by atoms with van der Waals surface area (Å²) in [5.74, 6) is 0.167. The Labute approximate surface area is 183 Å². The molecular formula is C21H23N3O6S. The molecule has 2 heterocycles. The number of carbonyl (C=O) groups is 2. The molecule has 3 N–H and O–H groups in total. The van der Waals surface area contributed by atoms with E-state index >= 15 is 0 Å². The molecule has 2 aromatic heterocycles. The number of fused-ring (bicyclic) bond motifs is 1. The predicted molar refractivity (Wildman–Crippen MR) is 113 cm³/mol. The van der Waals surface area contributed by atoms with Crippen LogP contribution in [0.1, 0.15) is 28.2 Å². The molecule has 2 atom stereocenters. The molecule has 0 radical (unpaired) electrons. The third-order valence-corrected chi connectivity index (χ3v) is 5.96. The van der Waals surface area contributed by atoms with Crippen LogP contribution < -0.4 is 5.32 Å². The molecule has 0 aromatic carbocycles. The SMILES string of the molecule is CN(CC(O)CO)C(=O)OC1CCc2c(sc(NC(=O)C=Cc3ccco3)c2C#N)C1. The van der Waals surface area contributed by atoms with Gasteiger partial charge in [0.25, 0.3) is 0 Å². The van der Waals surface area contributed by atoms with Crippen LogP contribution in [0.15, 0.2) is 28.9 Å². The van der Waals surface area contributed by atoms with Gasteiger partial charge in [0.2, 0.25) is 5.91 Å². The number of nitrogens with one attached hydrogen (secondary N) is 1. The highest BCUT2D eigenvalue weighted by Gasteiger charge is 2.29. The first-order valence-corrected chi connectivity index (χ1v) is 10.5. The highest BCUT2D eigenvalue weighted by molar-refractivity contribution is 7.16. The molecule has 9 nitrogen and oxygen atoms in total. The van der Waals surface area contributed by atoms with E-state index in [0.29, 0.717) is 35.6 Å². The molecule has 1 aliphatic carbocycles. The topological polar surface area (TPSA) is 136 Å². The van der Waals surface area contributed by atoms with Crippen molar-refractivity contribution in [2.24, 2.45) is 0 Å². The number of likely N-dealkylation sites (N-methyl/N-ethyl adjacent to an activating group) is 1. The van der Waals surface area contributed by atoms with Crippen LogP contribution in [0.3, 0.4) is 0 Å². The van der Waals surface area contributed by atoms with E-state index < -0.39 is 18.8 Å². The number of ether oxygens (including phenoxy) is 1. The summed E-state index contributed by atoms with van der Waals surface area (Å²) in [7, 11) is 1.48. The Kier molecular flexibility index (Phi) is 7.46. The lowest BCUT2D eigenvalue weighted by Crippen LogP contribution is -2.38. The van der Waals surface area contributed by atoms with Crippen molar-refractivity contribution in [3.05, 3.63) is 46.2 Å². The Balaban J connectivity index is 1.64. The molecule has 1 aliphatic rings. The van der Waals surface area contributed by atoms with Crippen molar-refractivity contribution < 1.29 is 29.0 Å². The van der Waals surface area contributed by atoms with E-state index in [-0.39, 0.29) is 18.6 Å². The summed E-state index contributed by atoms with van der Waals surface area (Å²) >= 11 is 1.30. The molecular weight excluding hydrogens is 422 g/mol. The number of hydrogen-bond donors (Lipinski definition) is 3. The minimum absolute atomic E-state index is 0.0351. The van der Waals surface area contributed by atoms with Gasteiger partial charge in [-0.3, -0.25) is 4.79 Å². The Morgan fingerprint density at radius 1 is 1.55 bits per heavy atom. The second-order valence-electron chi connectivity index (χ2n) is 7.12. The first kappa shape index (κ1) is 22.6. The van der Waals surface area contributed by atoms with Gasteiger partial charge in [-0.25, -0.2) is 4.79 Å². The van der Waals surface area contributed by atoms with Crippen LogP contribution in [0.2, 0.25) is 0 Å². The minimum Gasteiger partial charge on any atom is -0.465 e. The van der Waals surface area contributed by atoms with Crippen molar-refractivity contribution in [1.82, 2.24) is 4.90 Å². The number of carbonyl (C=O) groups excluding carboxylic acids is 2. The third kappa shape index (κ3) is 5.73. The van der Waals surface area contributed by atoms with Crippen LogP contribution in [-0.2, 0) is 22.4 Å². The van der Waals surface area contributed by atoms with Gasteiger partial charge in [0, 0.05) is 24.4 Å². The fraction of sp³-hybridized carbons (Fsp3) is 0.381. The molecule has 31 heavy (non-hydrogen) atoms. The lowest BCUT2D eigenvalue weighted by molar-refractivity contribution is -0.111. The molecule has 0 aliphatic heterocycles. The molecule has 0 fully saturated rings. The average Bonchev–Trinajstić information content (AvgIpc) is 3.38. The number of furan rings is 1. The van der Waals surface area contributed by atoms with Crippen molar-refractivity contribution in [3.8, 4) is 6.07 Å². The van der Waals surface area contributed by atoms with Gasteiger partial charge in [0.15, 0.2) is 0 Å². The van der Waals surface area contributed by atoms with Gasteiger partial charge in [-0.1, -0.05) is 0 Å². The van der Waals surface area contributed by atoms with E-state index in [2.05, 4.69) is 11.4 Å². The maximum absolute atomic E-state index is 12.2. The summed E-state index contributed by atoms with van der Waals surface area (Å²) in [6.07, 6.45) is 3.92. The van der Waals surface area contributed by atoms with E-state index in [1.807, 2.05) is 0 Å². The molecule has 2 aromatic rings. The van der Waals surface area contributed by atoms with E-state index in [1.54, 1.807) is 12.1 Å². The Hall–Kier alpha value is -3.13. The Morgan fingerprint density at radius 2 is 2.35 bits per heavy atom.